The number of nitro benzene ring substituents is 1. The molecule has 0 aromatic heterocycles. The van der Waals surface area contributed by atoms with E-state index in [1.54, 1.807) is 12.1 Å². The van der Waals surface area contributed by atoms with E-state index in [2.05, 4.69) is 6.07 Å². The summed E-state index contributed by atoms with van der Waals surface area (Å²) in [6.45, 7) is 0. The van der Waals surface area contributed by atoms with Gasteiger partial charge in [0.2, 0.25) is 0 Å². The molecule has 1 radical (unpaired) electrons. The first kappa shape index (κ1) is 10.3. The van der Waals surface area contributed by atoms with E-state index in [0.29, 0.717) is 11.1 Å². The summed E-state index contributed by atoms with van der Waals surface area (Å²) in [6.07, 6.45) is 0. The summed E-state index contributed by atoms with van der Waals surface area (Å²) in [5.74, 6) is -0.367. The maximum atomic E-state index is 12.7. The molecule has 0 N–H and O–H groups in total. The molecule has 4 heteroatoms. The van der Waals surface area contributed by atoms with Gasteiger partial charge in [-0.15, -0.1) is 0 Å². The summed E-state index contributed by atoms with van der Waals surface area (Å²) < 4.78 is 12.7. The van der Waals surface area contributed by atoms with Crippen LogP contribution in [0.15, 0.2) is 42.5 Å². The SMILES string of the molecule is O=[N+]([O-])c1c[c]ccc1-c1ccc(F)cc1. The third-order valence-electron chi connectivity index (χ3n) is 2.19. The second kappa shape index (κ2) is 4.10. The molecule has 2 aromatic rings. The Kier molecular flexibility index (Phi) is 2.64. The molecular weight excluding hydrogens is 209 g/mol. The lowest BCUT2D eigenvalue weighted by Gasteiger charge is -2.02. The third-order valence-corrected chi connectivity index (χ3v) is 2.19. The highest BCUT2D eigenvalue weighted by molar-refractivity contribution is 5.73. The Labute approximate surface area is 91.3 Å². The van der Waals surface area contributed by atoms with Gasteiger partial charge in [0.15, 0.2) is 0 Å². The topological polar surface area (TPSA) is 43.1 Å². The van der Waals surface area contributed by atoms with E-state index in [4.69, 9.17) is 0 Å². The van der Waals surface area contributed by atoms with Gasteiger partial charge in [-0.25, -0.2) is 4.39 Å². The maximum absolute atomic E-state index is 12.7. The van der Waals surface area contributed by atoms with Crippen molar-refractivity contribution in [1.82, 2.24) is 0 Å². The second-order valence-electron chi connectivity index (χ2n) is 3.21. The number of halogens is 1. The molecule has 0 aliphatic rings. The lowest BCUT2D eigenvalue weighted by atomic mass is 10.0. The molecule has 0 saturated heterocycles. The van der Waals surface area contributed by atoms with Crippen molar-refractivity contribution in [3.8, 4) is 11.1 Å². The molecule has 0 aliphatic heterocycles. The van der Waals surface area contributed by atoms with Crippen molar-refractivity contribution < 1.29 is 9.31 Å². The van der Waals surface area contributed by atoms with Crippen molar-refractivity contribution in [2.45, 2.75) is 0 Å². The molecule has 0 heterocycles. The number of rotatable bonds is 2. The van der Waals surface area contributed by atoms with Gasteiger partial charge in [-0.3, -0.25) is 10.1 Å². The van der Waals surface area contributed by atoms with E-state index in [1.807, 2.05) is 0 Å². The van der Waals surface area contributed by atoms with Crippen molar-refractivity contribution in [1.29, 1.82) is 0 Å². The predicted molar refractivity (Wildman–Crippen MR) is 57.3 cm³/mol. The van der Waals surface area contributed by atoms with Crippen LogP contribution in [0, 0.1) is 22.0 Å². The number of benzene rings is 2. The third kappa shape index (κ3) is 1.91. The molecule has 0 unspecified atom stereocenters. The summed E-state index contributed by atoms with van der Waals surface area (Å²) >= 11 is 0. The van der Waals surface area contributed by atoms with E-state index < -0.39 is 4.92 Å². The molecule has 0 bridgehead atoms. The first-order valence-electron chi connectivity index (χ1n) is 4.59. The zero-order valence-electron chi connectivity index (χ0n) is 8.18. The van der Waals surface area contributed by atoms with Crippen LogP contribution >= 0.6 is 0 Å². The molecule has 0 saturated carbocycles. The van der Waals surface area contributed by atoms with Gasteiger partial charge in [-0.05, 0) is 29.8 Å². The minimum atomic E-state index is -0.477. The zero-order chi connectivity index (χ0) is 11.5. The fourth-order valence-corrected chi connectivity index (χ4v) is 1.45. The predicted octanol–water partition coefficient (Wildman–Crippen LogP) is 3.20. The number of hydrogen-bond donors (Lipinski definition) is 0. The van der Waals surface area contributed by atoms with E-state index in [0.717, 1.165) is 0 Å². The normalized spacial score (nSPS) is 10.1. The Bertz CT molecular complexity index is 523. The highest BCUT2D eigenvalue weighted by Crippen LogP contribution is 2.28. The largest absolute Gasteiger partial charge is 0.277 e. The van der Waals surface area contributed by atoms with Gasteiger partial charge in [0.25, 0.3) is 5.69 Å². The molecule has 0 amide bonds. The van der Waals surface area contributed by atoms with Gasteiger partial charge in [-0.2, -0.15) is 0 Å². The first-order chi connectivity index (χ1) is 7.68. The lowest BCUT2D eigenvalue weighted by molar-refractivity contribution is -0.384. The van der Waals surface area contributed by atoms with Crippen molar-refractivity contribution in [2.24, 2.45) is 0 Å². The van der Waals surface area contributed by atoms with E-state index in [-0.39, 0.29) is 11.5 Å². The minimum absolute atomic E-state index is 0.0332. The van der Waals surface area contributed by atoms with Crippen LogP contribution in [-0.4, -0.2) is 4.92 Å². The van der Waals surface area contributed by atoms with Gasteiger partial charge in [0.1, 0.15) is 5.82 Å². The smallest absolute Gasteiger partial charge is 0.258 e. The van der Waals surface area contributed by atoms with Gasteiger partial charge < -0.3 is 0 Å². The quantitative estimate of drug-likeness (QED) is 0.571. The molecule has 3 nitrogen and oxygen atoms in total. The Balaban J connectivity index is 2.55. The fourth-order valence-electron chi connectivity index (χ4n) is 1.45. The summed E-state index contributed by atoms with van der Waals surface area (Å²) in [6, 6.07) is 12.7. The van der Waals surface area contributed by atoms with E-state index in [9.17, 15) is 14.5 Å². The fraction of sp³-hybridized carbons (Fsp3) is 0. The Morgan fingerprint density at radius 3 is 2.50 bits per heavy atom. The Morgan fingerprint density at radius 1 is 1.19 bits per heavy atom. The van der Waals surface area contributed by atoms with E-state index >= 15 is 0 Å². The highest BCUT2D eigenvalue weighted by atomic mass is 19.1. The van der Waals surface area contributed by atoms with Gasteiger partial charge in [-0.1, -0.05) is 18.2 Å². The van der Waals surface area contributed by atoms with Crippen LogP contribution in [0.1, 0.15) is 0 Å². The molecule has 2 aromatic carbocycles. The molecular formula is C12H7FNO2. The van der Waals surface area contributed by atoms with Crippen molar-refractivity contribution in [2.75, 3.05) is 0 Å². The van der Waals surface area contributed by atoms with Crippen LogP contribution in [0.4, 0.5) is 10.1 Å². The summed E-state index contributed by atoms with van der Waals surface area (Å²) in [5, 5.41) is 10.8. The average molecular weight is 216 g/mol. The van der Waals surface area contributed by atoms with Crippen LogP contribution in [0.25, 0.3) is 11.1 Å². The van der Waals surface area contributed by atoms with Crippen molar-refractivity contribution in [3.63, 3.8) is 0 Å². The summed E-state index contributed by atoms with van der Waals surface area (Å²) in [5.41, 5.74) is 1.04. The Morgan fingerprint density at radius 2 is 1.88 bits per heavy atom. The lowest BCUT2D eigenvalue weighted by Crippen LogP contribution is -1.91. The molecule has 2 rings (SSSR count). The van der Waals surface area contributed by atoms with Crippen LogP contribution in [0.2, 0.25) is 0 Å². The first-order valence-corrected chi connectivity index (χ1v) is 4.59. The molecule has 0 aliphatic carbocycles. The van der Waals surface area contributed by atoms with Gasteiger partial charge in [0.05, 0.1) is 10.5 Å². The molecule has 0 atom stereocenters. The van der Waals surface area contributed by atoms with Crippen LogP contribution < -0.4 is 0 Å². The molecule has 0 fully saturated rings. The molecule has 0 spiro atoms. The van der Waals surface area contributed by atoms with Crippen LogP contribution in [-0.2, 0) is 0 Å². The summed E-state index contributed by atoms with van der Waals surface area (Å²) in [7, 11) is 0. The standard InChI is InChI=1S/C12H7FNO2/c13-10-7-5-9(6-8-10)11-3-1-2-4-12(11)14(15)16/h1,3-8H. The highest BCUT2D eigenvalue weighted by Gasteiger charge is 2.13. The van der Waals surface area contributed by atoms with Gasteiger partial charge in [0, 0.05) is 6.07 Å². The monoisotopic (exact) mass is 216 g/mol. The van der Waals surface area contributed by atoms with E-state index in [1.165, 1.54) is 30.3 Å². The van der Waals surface area contributed by atoms with Gasteiger partial charge >= 0.3 is 0 Å². The second-order valence-corrected chi connectivity index (χ2v) is 3.21. The Hall–Kier alpha value is -2.23. The number of nitrogens with zero attached hydrogens (tertiary/aromatic N) is 1. The van der Waals surface area contributed by atoms with Crippen molar-refractivity contribution in [3.05, 3.63) is 64.5 Å². The number of nitro groups is 1. The molecule has 16 heavy (non-hydrogen) atoms. The number of hydrogen-bond acceptors (Lipinski definition) is 2. The van der Waals surface area contributed by atoms with Crippen LogP contribution in [0.3, 0.4) is 0 Å². The average Bonchev–Trinajstić information content (AvgIpc) is 2.30. The zero-order valence-corrected chi connectivity index (χ0v) is 8.18. The van der Waals surface area contributed by atoms with Crippen LogP contribution in [0.5, 0.6) is 0 Å². The summed E-state index contributed by atoms with van der Waals surface area (Å²) in [4.78, 5) is 10.3. The minimum Gasteiger partial charge on any atom is -0.258 e. The maximum Gasteiger partial charge on any atom is 0.277 e. The van der Waals surface area contributed by atoms with Crippen molar-refractivity contribution >= 4 is 5.69 Å². The molecule has 79 valence electrons.